The van der Waals surface area contributed by atoms with E-state index in [1.807, 2.05) is 6.07 Å². The average molecular weight is 261 g/mol. The van der Waals surface area contributed by atoms with Gasteiger partial charge in [-0.2, -0.15) is 0 Å². The van der Waals surface area contributed by atoms with Gasteiger partial charge >= 0.3 is 0 Å². The van der Waals surface area contributed by atoms with Gasteiger partial charge in [-0.15, -0.1) is 0 Å². The van der Waals surface area contributed by atoms with Crippen molar-refractivity contribution in [3.05, 3.63) is 35.9 Å². The van der Waals surface area contributed by atoms with Crippen molar-refractivity contribution in [2.24, 2.45) is 5.92 Å². The van der Waals surface area contributed by atoms with E-state index in [2.05, 4.69) is 36.5 Å². The Morgan fingerprint density at radius 3 is 2.63 bits per heavy atom. The smallest absolute Gasteiger partial charge is 0.0587 e. The number of aliphatic hydroxyl groups is 1. The van der Waals surface area contributed by atoms with E-state index in [1.165, 1.54) is 37.7 Å². The second kappa shape index (κ2) is 7.66. The molecular weight excluding hydrogens is 234 g/mol. The molecule has 1 aromatic rings. The topological polar surface area (TPSA) is 32.3 Å². The van der Waals surface area contributed by atoms with Crippen molar-refractivity contribution in [3.63, 3.8) is 0 Å². The van der Waals surface area contributed by atoms with E-state index in [4.69, 9.17) is 0 Å². The van der Waals surface area contributed by atoms with Crippen LogP contribution in [0.3, 0.4) is 0 Å². The van der Waals surface area contributed by atoms with Crippen molar-refractivity contribution in [2.45, 2.75) is 57.5 Å². The molecule has 1 fully saturated rings. The lowest BCUT2D eigenvalue weighted by atomic mass is 9.82. The lowest BCUT2D eigenvalue weighted by Crippen LogP contribution is -2.46. The molecule has 2 unspecified atom stereocenters. The van der Waals surface area contributed by atoms with Gasteiger partial charge in [0.2, 0.25) is 0 Å². The van der Waals surface area contributed by atoms with Gasteiger partial charge in [-0.05, 0) is 30.7 Å². The van der Waals surface area contributed by atoms with E-state index in [-0.39, 0.29) is 12.6 Å². The normalized spacial score (nSPS) is 25.2. The summed E-state index contributed by atoms with van der Waals surface area (Å²) in [6, 6.07) is 11.3. The van der Waals surface area contributed by atoms with Gasteiger partial charge in [-0.1, -0.05) is 56.5 Å². The lowest BCUT2D eigenvalue weighted by molar-refractivity contribution is 0.186. The van der Waals surface area contributed by atoms with E-state index >= 15 is 0 Å². The Balaban J connectivity index is 1.90. The van der Waals surface area contributed by atoms with Gasteiger partial charge in [0, 0.05) is 12.1 Å². The maximum atomic E-state index is 9.61. The molecule has 1 aliphatic rings. The van der Waals surface area contributed by atoms with Gasteiger partial charge in [0.15, 0.2) is 0 Å². The molecule has 2 heteroatoms. The first-order valence-corrected chi connectivity index (χ1v) is 7.74. The molecule has 0 radical (unpaired) electrons. The number of benzene rings is 1. The van der Waals surface area contributed by atoms with Crippen LogP contribution in [0.15, 0.2) is 30.3 Å². The Bertz CT molecular complexity index is 352. The molecule has 0 aromatic heterocycles. The first-order valence-electron chi connectivity index (χ1n) is 7.74. The molecular formula is C17H27NO. The molecule has 2 rings (SSSR count). The summed E-state index contributed by atoms with van der Waals surface area (Å²) in [5, 5.41) is 13.3. The third kappa shape index (κ3) is 4.32. The third-order valence-corrected chi connectivity index (χ3v) is 4.43. The van der Waals surface area contributed by atoms with Crippen molar-refractivity contribution in [3.8, 4) is 0 Å². The number of hydrogen-bond donors (Lipinski definition) is 2. The zero-order chi connectivity index (χ0) is 13.5. The Morgan fingerprint density at radius 2 is 1.95 bits per heavy atom. The van der Waals surface area contributed by atoms with Crippen LogP contribution in [-0.4, -0.2) is 23.8 Å². The van der Waals surface area contributed by atoms with Crippen molar-refractivity contribution in [1.82, 2.24) is 5.32 Å². The van der Waals surface area contributed by atoms with Crippen LogP contribution in [-0.2, 0) is 6.42 Å². The second-order valence-electron chi connectivity index (χ2n) is 5.80. The maximum Gasteiger partial charge on any atom is 0.0587 e. The molecule has 0 amide bonds. The minimum atomic E-state index is 0.194. The minimum absolute atomic E-state index is 0.194. The molecule has 2 nitrogen and oxygen atoms in total. The van der Waals surface area contributed by atoms with Crippen LogP contribution in [0, 0.1) is 5.92 Å². The number of aliphatic hydroxyl groups excluding tert-OH is 1. The van der Waals surface area contributed by atoms with Crippen LogP contribution < -0.4 is 5.32 Å². The van der Waals surface area contributed by atoms with Crippen LogP contribution >= 0.6 is 0 Å². The molecule has 0 bridgehead atoms. The number of rotatable bonds is 6. The molecule has 0 aliphatic heterocycles. The summed E-state index contributed by atoms with van der Waals surface area (Å²) in [7, 11) is 0. The molecule has 1 aliphatic carbocycles. The molecule has 0 spiro atoms. The SMILES string of the molecule is CCC1CCCCC1N[C@@H](CO)Cc1ccccc1. The quantitative estimate of drug-likeness (QED) is 0.824. The second-order valence-corrected chi connectivity index (χ2v) is 5.80. The lowest BCUT2D eigenvalue weighted by Gasteiger charge is -2.34. The summed E-state index contributed by atoms with van der Waals surface area (Å²) in [5.41, 5.74) is 1.30. The number of nitrogens with one attached hydrogen (secondary N) is 1. The van der Waals surface area contributed by atoms with Gasteiger partial charge in [-0.25, -0.2) is 0 Å². The Kier molecular flexibility index (Phi) is 5.87. The largest absolute Gasteiger partial charge is 0.395 e. The molecule has 1 aromatic carbocycles. The van der Waals surface area contributed by atoms with Crippen LogP contribution in [0.2, 0.25) is 0 Å². The van der Waals surface area contributed by atoms with Crippen LogP contribution in [0.25, 0.3) is 0 Å². The van der Waals surface area contributed by atoms with Gasteiger partial charge in [0.1, 0.15) is 0 Å². The summed E-state index contributed by atoms with van der Waals surface area (Å²) in [5.74, 6) is 0.790. The van der Waals surface area contributed by atoms with E-state index < -0.39 is 0 Å². The molecule has 2 N–H and O–H groups in total. The molecule has 0 heterocycles. The van der Waals surface area contributed by atoms with E-state index in [1.54, 1.807) is 0 Å². The number of hydrogen-bond acceptors (Lipinski definition) is 2. The highest BCUT2D eigenvalue weighted by molar-refractivity contribution is 5.16. The summed E-state index contributed by atoms with van der Waals surface area (Å²) >= 11 is 0. The maximum absolute atomic E-state index is 9.61. The Hall–Kier alpha value is -0.860. The third-order valence-electron chi connectivity index (χ3n) is 4.43. The first-order chi connectivity index (χ1) is 9.33. The van der Waals surface area contributed by atoms with Gasteiger partial charge in [0.05, 0.1) is 6.61 Å². The fourth-order valence-corrected chi connectivity index (χ4v) is 3.29. The first kappa shape index (κ1) is 14.5. The Morgan fingerprint density at radius 1 is 1.21 bits per heavy atom. The highest BCUT2D eigenvalue weighted by atomic mass is 16.3. The van der Waals surface area contributed by atoms with Crippen LogP contribution in [0.1, 0.15) is 44.6 Å². The van der Waals surface area contributed by atoms with E-state index in [0.717, 1.165) is 12.3 Å². The summed E-state index contributed by atoms with van der Waals surface area (Å²) in [6.07, 6.45) is 7.49. The summed E-state index contributed by atoms with van der Waals surface area (Å²) in [6.45, 7) is 2.51. The average Bonchev–Trinajstić information content (AvgIpc) is 2.48. The van der Waals surface area contributed by atoms with Gasteiger partial charge < -0.3 is 10.4 Å². The monoisotopic (exact) mass is 261 g/mol. The summed E-state index contributed by atoms with van der Waals surface area (Å²) < 4.78 is 0. The van der Waals surface area contributed by atoms with Crippen LogP contribution in [0.5, 0.6) is 0 Å². The molecule has 1 saturated carbocycles. The molecule has 19 heavy (non-hydrogen) atoms. The van der Waals surface area contributed by atoms with Crippen molar-refractivity contribution >= 4 is 0 Å². The predicted octanol–water partition coefficient (Wildman–Crippen LogP) is 3.15. The van der Waals surface area contributed by atoms with Crippen molar-refractivity contribution in [1.29, 1.82) is 0 Å². The predicted molar refractivity (Wildman–Crippen MR) is 80.2 cm³/mol. The summed E-state index contributed by atoms with van der Waals surface area (Å²) in [4.78, 5) is 0. The molecule has 3 atom stereocenters. The Labute approximate surface area is 117 Å². The van der Waals surface area contributed by atoms with Crippen molar-refractivity contribution < 1.29 is 5.11 Å². The van der Waals surface area contributed by atoms with Gasteiger partial charge in [-0.3, -0.25) is 0 Å². The van der Waals surface area contributed by atoms with Crippen LogP contribution in [0.4, 0.5) is 0 Å². The fraction of sp³-hybridized carbons (Fsp3) is 0.647. The van der Waals surface area contributed by atoms with Crippen molar-refractivity contribution in [2.75, 3.05) is 6.61 Å². The van der Waals surface area contributed by atoms with E-state index in [9.17, 15) is 5.11 Å². The highest BCUT2D eigenvalue weighted by Crippen LogP contribution is 2.27. The standard InChI is InChI=1S/C17H27NO/c1-2-15-10-6-7-11-17(15)18-16(13-19)12-14-8-4-3-5-9-14/h3-5,8-9,15-19H,2,6-7,10-13H2,1H3/t15?,16-,17?/m1/s1. The highest BCUT2D eigenvalue weighted by Gasteiger charge is 2.25. The zero-order valence-electron chi connectivity index (χ0n) is 12.0. The molecule has 106 valence electrons. The van der Waals surface area contributed by atoms with E-state index in [0.29, 0.717) is 6.04 Å². The van der Waals surface area contributed by atoms with Gasteiger partial charge in [0.25, 0.3) is 0 Å². The fourth-order valence-electron chi connectivity index (χ4n) is 3.29. The molecule has 0 saturated heterocycles. The minimum Gasteiger partial charge on any atom is -0.395 e. The zero-order valence-corrected chi connectivity index (χ0v) is 12.0.